The lowest BCUT2D eigenvalue weighted by atomic mass is 10.1. The lowest BCUT2D eigenvalue weighted by molar-refractivity contribution is -0.385. The number of imide groups is 2. The van der Waals surface area contributed by atoms with Gasteiger partial charge in [-0.15, -0.1) is 6.58 Å². The number of nitro groups is 1. The highest BCUT2D eigenvalue weighted by Crippen LogP contribution is 2.35. The van der Waals surface area contributed by atoms with Crippen LogP contribution in [0.5, 0.6) is 11.5 Å². The van der Waals surface area contributed by atoms with E-state index in [2.05, 4.69) is 6.58 Å². The Balaban J connectivity index is 2.59. The summed E-state index contributed by atoms with van der Waals surface area (Å²) in [6, 6.07) is 1.51. The standard InChI is InChI=1S/C16H15N3O7/c1-4-5-18-15(21)10(14(20)17-16(18)22)6-9-7-11(19(23)24)13(26-3)8-12(9)25-2/h4,6-8H,1,5H2,2-3H3,(H,17,20,22)/b10-6+. The molecule has 0 spiro atoms. The number of carbonyl (C=O) groups excluding carboxylic acids is 3. The predicted molar refractivity (Wildman–Crippen MR) is 89.6 cm³/mol. The van der Waals surface area contributed by atoms with Crippen molar-refractivity contribution in [3.05, 3.63) is 46.0 Å². The zero-order valence-corrected chi connectivity index (χ0v) is 14.0. The van der Waals surface area contributed by atoms with Crippen molar-refractivity contribution in [3.8, 4) is 11.5 Å². The van der Waals surface area contributed by atoms with Crippen LogP contribution >= 0.6 is 0 Å². The molecule has 0 aromatic heterocycles. The molecule has 1 fully saturated rings. The van der Waals surface area contributed by atoms with Crippen LogP contribution < -0.4 is 14.8 Å². The van der Waals surface area contributed by atoms with Crippen LogP contribution in [0.25, 0.3) is 6.08 Å². The summed E-state index contributed by atoms with van der Waals surface area (Å²) >= 11 is 0. The number of hydrogen-bond donors (Lipinski definition) is 1. The number of urea groups is 1. The second-order valence-electron chi connectivity index (χ2n) is 5.04. The number of nitrogens with zero attached hydrogens (tertiary/aromatic N) is 2. The smallest absolute Gasteiger partial charge is 0.331 e. The molecule has 1 aliphatic rings. The first-order valence-corrected chi connectivity index (χ1v) is 7.24. The highest BCUT2D eigenvalue weighted by atomic mass is 16.6. The van der Waals surface area contributed by atoms with Gasteiger partial charge in [0.25, 0.3) is 11.8 Å². The first-order valence-electron chi connectivity index (χ1n) is 7.24. The van der Waals surface area contributed by atoms with E-state index in [4.69, 9.17) is 9.47 Å². The molecule has 1 aromatic rings. The van der Waals surface area contributed by atoms with Crippen molar-refractivity contribution in [2.24, 2.45) is 0 Å². The maximum absolute atomic E-state index is 12.4. The molecule has 2 rings (SSSR count). The van der Waals surface area contributed by atoms with Crippen LogP contribution in [-0.2, 0) is 9.59 Å². The van der Waals surface area contributed by atoms with Gasteiger partial charge in [0.15, 0.2) is 0 Å². The van der Waals surface area contributed by atoms with E-state index in [0.717, 1.165) is 17.0 Å². The number of nitro benzene ring substituents is 1. The molecule has 1 saturated heterocycles. The Hall–Kier alpha value is -3.69. The van der Waals surface area contributed by atoms with E-state index < -0.39 is 22.8 Å². The first-order chi connectivity index (χ1) is 12.3. The maximum Gasteiger partial charge on any atom is 0.331 e. The van der Waals surface area contributed by atoms with E-state index >= 15 is 0 Å². The lowest BCUT2D eigenvalue weighted by Gasteiger charge is -2.25. The van der Waals surface area contributed by atoms with Gasteiger partial charge in [0, 0.05) is 24.2 Å². The Bertz CT molecular complexity index is 844. The largest absolute Gasteiger partial charge is 0.496 e. The van der Waals surface area contributed by atoms with E-state index in [-0.39, 0.29) is 34.9 Å². The summed E-state index contributed by atoms with van der Waals surface area (Å²) in [4.78, 5) is 47.5. The maximum atomic E-state index is 12.4. The minimum absolute atomic E-state index is 0.0446. The molecule has 4 amide bonds. The van der Waals surface area contributed by atoms with Crippen molar-refractivity contribution in [1.82, 2.24) is 10.2 Å². The number of nitrogens with one attached hydrogen (secondary N) is 1. The van der Waals surface area contributed by atoms with Crippen LogP contribution in [0.15, 0.2) is 30.4 Å². The highest BCUT2D eigenvalue weighted by molar-refractivity contribution is 6.31. The number of rotatable bonds is 6. The molecule has 0 aliphatic carbocycles. The van der Waals surface area contributed by atoms with Gasteiger partial charge in [-0.1, -0.05) is 6.08 Å². The first kappa shape index (κ1) is 18.6. The Labute approximate surface area is 147 Å². The van der Waals surface area contributed by atoms with Gasteiger partial charge in [-0.25, -0.2) is 4.79 Å². The SMILES string of the molecule is C=CCN1C(=O)NC(=O)/C(=C\c2cc([N+](=O)[O-])c(OC)cc2OC)C1=O. The predicted octanol–water partition coefficient (Wildman–Crippen LogP) is 1.26. The van der Waals surface area contributed by atoms with E-state index in [9.17, 15) is 24.5 Å². The number of benzene rings is 1. The van der Waals surface area contributed by atoms with E-state index in [1.54, 1.807) is 0 Å². The second kappa shape index (κ2) is 7.47. The quantitative estimate of drug-likeness (QED) is 0.265. The Morgan fingerprint density at radius 3 is 2.42 bits per heavy atom. The van der Waals surface area contributed by atoms with Gasteiger partial charge in [0.05, 0.1) is 19.1 Å². The number of amides is 4. The Kier molecular flexibility index (Phi) is 5.36. The highest BCUT2D eigenvalue weighted by Gasteiger charge is 2.35. The van der Waals surface area contributed by atoms with Gasteiger partial charge >= 0.3 is 11.7 Å². The fraction of sp³-hybridized carbons (Fsp3) is 0.188. The minimum Gasteiger partial charge on any atom is -0.496 e. The number of methoxy groups -OCH3 is 2. The van der Waals surface area contributed by atoms with E-state index in [0.29, 0.717) is 0 Å². The fourth-order valence-electron chi connectivity index (χ4n) is 2.31. The van der Waals surface area contributed by atoms with Crippen molar-refractivity contribution in [2.75, 3.05) is 20.8 Å². The molecular formula is C16H15N3O7. The summed E-state index contributed by atoms with van der Waals surface area (Å²) in [5, 5.41) is 13.2. The fourth-order valence-corrected chi connectivity index (χ4v) is 2.31. The van der Waals surface area contributed by atoms with Crippen LogP contribution in [0.4, 0.5) is 10.5 Å². The lowest BCUT2D eigenvalue weighted by Crippen LogP contribution is -2.54. The van der Waals surface area contributed by atoms with Gasteiger partial charge in [-0.05, 0) is 6.08 Å². The summed E-state index contributed by atoms with van der Waals surface area (Å²) < 4.78 is 10.1. The number of carbonyl (C=O) groups is 3. The normalized spacial score (nSPS) is 15.7. The summed E-state index contributed by atoms with van der Waals surface area (Å²) in [6.45, 7) is 3.34. The van der Waals surface area contributed by atoms with Crippen LogP contribution in [-0.4, -0.2) is 48.4 Å². The third-order valence-electron chi connectivity index (χ3n) is 3.53. The van der Waals surface area contributed by atoms with Crippen LogP contribution in [0.2, 0.25) is 0 Å². The van der Waals surface area contributed by atoms with Gasteiger partial charge in [0.2, 0.25) is 5.75 Å². The number of barbiturate groups is 1. The average Bonchev–Trinajstić information content (AvgIpc) is 2.61. The van der Waals surface area contributed by atoms with Crippen molar-refractivity contribution in [1.29, 1.82) is 0 Å². The molecule has 0 radical (unpaired) electrons. The molecule has 136 valence electrons. The molecule has 0 unspecified atom stereocenters. The van der Waals surface area contributed by atoms with E-state index in [1.807, 2.05) is 5.32 Å². The zero-order chi connectivity index (χ0) is 19.4. The topological polar surface area (TPSA) is 128 Å². The van der Waals surface area contributed by atoms with Crippen LogP contribution in [0, 0.1) is 10.1 Å². The average molecular weight is 361 g/mol. The van der Waals surface area contributed by atoms with Crippen molar-refractivity contribution < 1.29 is 28.8 Å². The molecule has 26 heavy (non-hydrogen) atoms. The molecule has 1 heterocycles. The molecule has 1 aliphatic heterocycles. The zero-order valence-electron chi connectivity index (χ0n) is 14.0. The van der Waals surface area contributed by atoms with Crippen molar-refractivity contribution >= 4 is 29.6 Å². The summed E-state index contributed by atoms with van der Waals surface area (Å²) in [7, 11) is 2.58. The van der Waals surface area contributed by atoms with Gasteiger partial charge in [-0.2, -0.15) is 0 Å². The molecule has 10 heteroatoms. The van der Waals surface area contributed by atoms with Crippen LogP contribution in [0.3, 0.4) is 0 Å². The van der Waals surface area contributed by atoms with Gasteiger partial charge in [0.1, 0.15) is 11.3 Å². The van der Waals surface area contributed by atoms with Crippen LogP contribution in [0.1, 0.15) is 5.56 Å². The summed E-state index contributed by atoms with van der Waals surface area (Å²) in [6.07, 6.45) is 2.44. The third-order valence-corrected chi connectivity index (χ3v) is 3.53. The molecule has 0 atom stereocenters. The van der Waals surface area contributed by atoms with E-state index in [1.165, 1.54) is 26.4 Å². The van der Waals surface area contributed by atoms with Crippen molar-refractivity contribution in [2.45, 2.75) is 0 Å². The third kappa shape index (κ3) is 3.38. The Morgan fingerprint density at radius 2 is 1.88 bits per heavy atom. The summed E-state index contributed by atoms with van der Waals surface area (Å²) in [5.41, 5.74) is -0.640. The Morgan fingerprint density at radius 1 is 1.23 bits per heavy atom. The molecule has 1 aromatic carbocycles. The molecule has 0 bridgehead atoms. The molecule has 0 saturated carbocycles. The van der Waals surface area contributed by atoms with Gasteiger partial charge in [-0.3, -0.25) is 29.9 Å². The molecular weight excluding hydrogens is 346 g/mol. The molecule has 10 nitrogen and oxygen atoms in total. The monoisotopic (exact) mass is 361 g/mol. The summed E-state index contributed by atoms with van der Waals surface area (Å²) in [5.74, 6) is -1.66. The number of hydrogen-bond acceptors (Lipinski definition) is 7. The molecule has 1 N–H and O–H groups in total. The number of ether oxygens (including phenoxy) is 2. The van der Waals surface area contributed by atoms with Gasteiger partial charge < -0.3 is 9.47 Å². The van der Waals surface area contributed by atoms with Crippen molar-refractivity contribution in [3.63, 3.8) is 0 Å². The second-order valence-corrected chi connectivity index (χ2v) is 5.04. The minimum atomic E-state index is -0.916.